The van der Waals surface area contributed by atoms with Crippen molar-refractivity contribution in [3.05, 3.63) is 17.5 Å². The lowest BCUT2D eigenvalue weighted by Gasteiger charge is -2.14. The summed E-state index contributed by atoms with van der Waals surface area (Å²) in [6.45, 7) is 8.46. The molecular formula is C11H20N4O. The number of hydrogen-bond donors (Lipinski definition) is 3. The van der Waals surface area contributed by atoms with Crippen LogP contribution in [0.4, 0.5) is 0 Å². The molecule has 1 atom stereocenters. The fraction of sp³-hybridized carbons (Fsp3) is 0.636. The van der Waals surface area contributed by atoms with Crippen LogP contribution in [0.5, 0.6) is 0 Å². The SMILES string of the molecule is CC(CN)NC(=O)c1cc(C(C)(C)C)[nH]n1. The lowest BCUT2D eigenvalue weighted by Crippen LogP contribution is -2.37. The van der Waals surface area contributed by atoms with Crippen molar-refractivity contribution in [1.82, 2.24) is 15.5 Å². The molecule has 0 aromatic carbocycles. The summed E-state index contributed by atoms with van der Waals surface area (Å²) in [6.07, 6.45) is 0. The minimum atomic E-state index is -0.190. The molecular weight excluding hydrogens is 204 g/mol. The molecule has 1 rings (SSSR count). The van der Waals surface area contributed by atoms with Gasteiger partial charge in [-0.25, -0.2) is 0 Å². The summed E-state index contributed by atoms with van der Waals surface area (Å²) in [5.41, 5.74) is 6.74. The predicted octanol–water partition coefficient (Wildman–Crippen LogP) is 0.784. The fourth-order valence-corrected chi connectivity index (χ4v) is 1.18. The van der Waals surface area contributed by atoms with Gasteiger partial charge in [-0.05, 0) is 13.0 Å². The van der Waals surface area contributed by atoms with Gasteiger partial charge in [-0.3, -0.25) is 9.89 Å². The number of aromatic nitrogens is 2. The van der Waals surface area contributed by atoms with Crippen LogP contribution in [0.1, 0.15) is 43.9 Å². The van der Waals surface area contributed by atoms with Crippen LogP contribution in [0.2, 0.25) is 0 Å². The first-order valence-corrected chi connectivity index (χ1v) is 5.41. The van der Waals surface area contributed by atoms with Gasteiger partial charge in [-0.15, -0.1) is 0 Å². The number of carbonyl (C=O) groups is 1. The van der Waals surface area contributed by atoms with E-state index >= 15 is 0 Å². The van der Waals surface area contributed by atoms with Crippen molar-refractivity contribution in [2.45, 2.75) is 39.2 Å². The average Bonchev–Trinajstić information content (AvgIpc) is 2.65. The van der Waals surface area contributed by atoms with E-state index in [1.807, 2.05) is 6.92 Å². The quantitative estimate of drug-likeness (QED) is 0.709. The molecule has 16 heavy (non-hydrogen) atoms. The van der Waals surface area contributed by atoms with Crippen LogP contribution >= 0.6 is 0 Å². The minimum absolute atomic E-state index is 0.0367. The summed E-state index contributed by atoms with van der Waals surface area (Å²) in [6, 6.07) is 1.74. The molecule has 0 aliphatic rings. The summed E-state index contributed by atoms with van der Waals surface area (Å²) >= 11 is 0. The van der Waals surface area contributed by atoms with Crippen LogP contribution < -0.4 is 11.1 Å². The lowest BCUT2D eigenvalue weighted by atomic mass is 9.92. The first kappa shape index (κ1) is 12.7. The number of hydrogen-bond acceptors (Lipinski definition) is 3. The topological polar surface area (TPSA) is 83.8 Å². The van der Waals surface area contributed by atoms with Gasteiger partial charge in [0.2, 0.25) is 0 Å². The Morgan fingerprint density at radius 3 is 2.69 bits per heavy atom. The van der Waals surface area contributed by atoms with Crippen molar-refractivity contribution < 1.29 is 4.79 Å². The number of carbonyl (C=O) groups excluding carboxylic acids is 1. The van der Waals surface area contributed by atoms with E-state index < -0.39 is 0 Å². The van der Waals surface area contributed by atoms with Crippen LogP contribution in [-0.4, -0.2) is 28.7 Å². The minimum Gasteiger partial charge on any atom is -0.347 e. The molecule has 1 amide bonds. The Labute approximate surface area is 95.8 Å². The van der Waals surface area contributed by atoms with Gasteiger partial charge in [0.25, 0.3) is 5.91 Å². The maximum atomic E-state index is 11.7. The lowest BCUT2D eigenvalue weighted by molar-refractivity contribution is 0.0936. The van der Waals surface area contributed by atoms with E-state index in [9.17, 15) is 4.79 Å². The highest BCUT2D eigenvalue weighted by Gasteiger charge is 2.19. The summed E-state index contributed by atoms with van der Waals surface area (Å²) < 4.78 is 0. The molecule has 1 aromatic heterocycles. The third kappa shape index (κ3) is 3.06. The van der Waals surface area contributed by atoms with Crippen molar-refractivity contribution in [2.75, 3.05) is 6.54 Å². The molecule has 0 aliphatic carbocycles. The Hall–Kier alpha value is -1.36. The highest BCUT2D eigenvalue weighted by Crippen LogP contribution is 2.20. The largest absolute Gasteiger partial charge is 0.347 e. The third-order valence-corrected chi connectivity index (χ3v) is 2.35. The molecule has 5 nitrogen and oxygen atoms in total. The monoisotopic (exact) mass is 224 g/mol. The maximum Gasteiger partial charge on any atom is 0.272 e. The number of amides is 1. The second kappa shape index (κ2) is 4.65. The Bertz CT molecular complexity index is 364. The number of nitrogens with one attached hydrogen (secondary N) is 2. The van der Waals surface area contributed by atoms with Gasteiger partial charge in [0, 0.05) is 23.7 Å². The van der Waals surface area contributed by atoms with E-state index in [0.717, 1.165) is 5.69 Å². The number of H-pyrrole nitrogens is 1. The summed E-state index contributed by atoms with van der Waals surface area (Å²) in [5.74, 6) is -0.190. The molecule has 1 unspecified atom stereocenters. The van der Waals surface area contributed by atoms with Gasteiger partial charge in [0.15, 0.2) is 0 Å². The molecule has 5 heteroatoms. The van der Waals surface area contributed by atoms with Crippen molar-refractivity contribution in [3.8, 4) is 0 Å². The zero-order valence-corrected chi connectivity index (χ0v) is 10.3. The predicted molar refractivity (Wildman–Crippen MR) is 63.3 cm³/mol. The van der Waals surface area contributed by atoms with Gasteiger partial charge in [-0.1, -0.05) is 20.8 Å². The molecule has 0 bridgehead atoms. The summed E-state index contributed by atoms with van der Waals surface area (Å²) in [4.78, 5) is 11.7. The first-order valence-electron chi connectivity index (χ1n) is 5.41. The molecule has 0 saturated heterocycles. The van der Waals surface area contributed by atoms with Crippen molar-refractivity contribution in [2.24, 2.45) is 5.73 Å². The normalized spacial score (nSPS) is 13.6. The highest BCUT2D eigenvalue weighted by atomic mass is 16.2. The van der Waals surface area contributed by atoms with E-state index in [1.165, 1.54) is 0 Å². The molecule has 4 N–H and O–H groups in total. The first-order chi connectivity index (χ1) is 7.34. The molecule has 1 heterocycles. The Morgan fingerprint density at radius 2 is 2.25 bits per heavy atom. The Morgan fingerprint density at radius 1 is 1.62 bits per heavy atom. The van der Waals surface area contributed by atoms with E-state index in [2.05, 4.69) is 36.3 Å². The molecule has 1 aromatic rings. The smallest absolute Gasteiger partial charge is 0.272 e. The van der Waals surface area contributed by atoms with Crippen LogP contribution in [-0.2, 0) is 5.41 Å². The molecule has 0 fully saturated rings. The molecule has 0 spiro atoms. The molecule has 90 valence electrons. The molecule has 0 aliphatic heterocycles. The summed E-state index contributed by atoms with van der Waals surface area (Å²) in [5, 5.41) is 9.63. The van der Waals surface area contributed by atoms with E-state index in [0.29, 0.717) is 12.2 Å². The number of rotatable bonds is 3. The van der Waals surface area contributed by atoms with Crippen LogP contribution in [0.15, 0.2) is 6.07 Å². The Balaban J connectivity index is 2.75. The van der Waals surface area contributed by atoms with Gasteiger partial charge < -0.3 is 11.1 Å². The Kier molecular flexibility index (Phi) is 3.70. The van der Waals surface area contributed by atoms with Gasteiger partial charge in [-0.2, -0.15) is 5.10 Å². The van der Waals surface area contributed by atoms with Crippen LogP contribution in [0.3, 0.4) is 0 Å². The van der Waals surface area contributed by atoms with E-state index in [1.54, 1.807) is 6.07 Å². The number of nitrogens with two attached hydrogens (primary N) is 1. The molecule has 0 saturated carbocycles. The third-order valence-electron chi connectivity index (χ3n) is 2.35. The molecule has 0 radical (unpaired) electrons. The summed E-state index contributed by atoms with van der Waals surface area (Å²) in [7, 11) is 0. The zero-order valence-electron chi connectivity index (χ0n) is 10.3. The number of aromatic amines is 1. The number of nitrogens with zero attached hydrogens (tertiary/aromatic N) is 1. The highest BCUT2D eigenvalue weighted by molar-refractivity contribution is 5.92. The van der Waals surface area contributed by atoms with Gasteiger partial charge in [0.1, 0.15) is 5.69 Å². The second-order valence-electron chi connectivity index (χ2n) is 5.03. The van der Waals surface area contributed by atoms with Crippen LogP contribution in [0, 0.1) is 0 Å². The maximum absolute atomic E-state index is 11.7. The van der Waals surface area contributed by atoms with Crippen molar-refractivity contribution >= 4 is 5.91 Å². The van der Waals surface area contributed by atoms with Crippen molar-refractivity contribution in [3.63, 3.8) is 0 Å². The second-order valence-corrected chi connectivity index (χ2v) is 5.03. The standard InChI is InChI=1S/C11H20N4O/c1-7(6-12)13-10(16)8-5-9(15-14-8)11(2,3)4/h5,7H,6,12H2,1-4H3,(H,13,16)(H,14,15). The van der Waals surface area contributed by atoms with Gasteiger partial charge >= 0.3 is 0 Å². The average molecular weight is 224 g/mol. The van der Waals surface area contributed by atoms with Gasteiger partial charge in [0.05, 0.1) is 0 Å². The van der Waals surface area contributed by atoms with E-state index in [-0.39, 0.29) is 17.4 Å². The fourth-order valence-electron chi connectivity index (χ4n) is 1.18. The van der Waals surface area contributed by atoms with Crippen LogP contribution in [0.25, 0.3) is 0 Å². The van der Waals surface area contributed by atoms with Crippen molar-refractivity contribution in [1.29, 1.82) is 0 Å². The van der Waals surface area contributed by atoms with E-state index in [4.69, 9.17) is 5.73 Å². The zero-order chi connectivity index (χ0) is 12.3.